The third-order valence-corrected chi connectivity index (χ3v) is 6.36. The Morgan fingerprint density at radius 1 is 1.00 bits per heavy atom. The van der Waals surface area contributed by atoms with Crippen LogP contribution in [0.3, 0.4) is 0 Å². The number of aryl methyl sites for hydroxylation is 1. The van der Waals surface area contributed by atoms with Gasteiger partial charge in [0, 0.05) is 31.0 Å². The SMILES string of the molecule is CCC(C(=O)O)c1cccc(NCc2ccc(-c3nc(NC(=O)OC(C)c4ccccc4)cn3C)cc2)c1. The molecule has 3 N–H and O–H groups in total. The summed E-state index contributed by atoms with van der Waals surface area (Å²) in [5.74, 6) is -0.207. The van der Waals surface area contributed by atoms with Crippen LogP contribution >= 0.6 is 0 Å². The number of anilines is 2. The fraction of sp³-hybridized carbons (Fsp3) is 0.233. The summed E-state index contributed by atoms with van der Waals surface area (Å²) in [6.45, 7) is 4.29. The third-order valence-electron chi connectivity index (χ3n) is 6.36. The molecule has 2 atom stereocenters. The van der Waals surface area contributed by atoms with E-state index in [1.165, 1.54) is 0 Å². The minimum atomic E-state index is -0.813. The first-order valence-electron chi connectivity index (χ1n) is 12.6. The van der Waals surface area contributed by atoms with Crippen LogP contribution in [0.15, 0.2) is 85.1 Å². The van der Waals surface area contributed by atoms with E-state index in [-0.39, 0.29) is 6.10 Å². The molecule has 38 heavy (non-hydrogen) atoms. The van der Waals surface area contributed by atoms with Crippen molar-refractivity contribution in [3.8, 4) is 11.4 Å². The number of hydrogen-bond acceptors (Lipinski definition) is 5. The Kier molecular flexibility index (Phi) is 8.43. The van der Waals surface area contributed by atoms with Crippen molar-refractivity contribution < 1.29 is 19.4 Å². The van der Waals surface area contributed by atoms with Gasteiger partial charge in [-0.1, -0.05) is 73.7 Å². The van der Waals surface area contributed by atoms with Crippen LogP contribution in [0.5, 0.6) is 0 Å². The van der Waals surface area contributed by atoms with Crippen LogP contribution in [0.25, 0.3) is 11.4 Å². The number of ether oxygens (including phenoxy) is 1. The van der Waals surface area contributed by atoms with E-state index < -0.39 is 18.0 Å². The van der Waals surface area contributed by atoms with Crippen LogP contribution in [0.2, 0.25) is 0 Å². The Morgan fingerprint density at radius 2 is 1.71 bits per heavy atom. The smallest absolute Gasteiger partial charge is 0.413 e. The van der Waals surface area contributed by atoms with Gasteiger partial charge in [0.2, 0.25) is 0 Å². The van der Waals surface area contributed by atoms with Gasteiger partial charge in [0.05, 0.1) is 5.92 Å². The highest BCUT2D eigenvalue weighted by Crippen LogP contribution is 2.25. The second-order valence-corrected chi connectivity index (χ2v) is 9.12. The van der Waals surface area contributed by atoms with E-state index in [0.717, 1.165) is 27.9 Å². The van der Waals surface area contributed by atoms with Gasteiger partial charge in [-0.3, -0.25) is 10.1 Å². The van der Waals surface area contributed by atoms with Gasteiger partial charge < -0.3 is 19.7 Å². The second kappa shape index (κ2) is 12.1. The predicted octanol–water partition coefficient (Wildman–Crippen LogP) is 6.59. The van der Waals surface area contributed by atoms with Gasteiger partial charge in [-0.25, -0.2) is 9.78 Å². The number of aliphatic carboxylic acids is 1. The lowest BCUT2D eigenvalue weighted by molar-refractivity contribution is -0.138. The number of benzene rings is 3. The lowest BCUT2D eigenvalue weighted by Gasteiger charge is -2.13. The minimum Gasteiger partial charge on any atom is -0.481 e. The van der Waals surface area contributed by atoms with Crippen LogP contribution in [0.1, 0.15) is 49.0 Å². The Hall–Kier alpha value is -4.59. The van der Waals surface area contributed by atoms with Crippen LogP contribution in [0.4, 0.5) is 16.3 Å². The molecular weight excluding hydrogens is 480 g/mol. The Balaban J connectivity index is 1.36. The normalized spacial score (nSPS) is 12.4. The molecule has 0 aliphatic carbocycles. The van der Waals surface area contributed by atoms with Crippen LogP contribution in [-0.4, -0.2) is 26.7 Å². The van der Waals surface area contributed by atoms with Crippen molar-refractivity contribution >= 4 is 23.6 Å². The molecule has 2 unspecified atom stereocenters. The Labute approximate surface area is 222 Å². The summed E-state index contributed by atoms with van der Waals surface area (Å²) in [6.07, 6.45) is 1.34. The summed E-state index contributed by atoms with van der Waals surface area (Å²) in [4.78, 5) is 28.4. The lowest BCUT2D eigenvalue weighted by atomic mass is 9.96. The molecule has 1 aromatic heterocycles. The number of carbonyl (C=O) groups is 2. The van der Waals surface area contributed by atoms with Gasteiger partial charge in [0.1, 0.15) is 11.9 Å². The number of amides is 1. The third kappa shape index (κ3) is 6.59. The Bertz CT molecular complexity index is 1380. The maximum Gasteiger partial charge on any atom is 0.413 e. The van der Waals surface area contributed by atoms with Crippen molar-refractivity contribution in [3.63, 3.8) is 0 Å². The minimum absolute atomic E-state index is 0.381. The van der Waals surface area contributed by atoms with Crippen molar-refractivity contribution in [2.24, 2.45) is 7.05 Å². The number of carboxylic acids is 1. The molecule has 0 aliphatic rings. The van der Waals surface area contributed by atoms with Gasteiger partial charge in [-0.05, 0) is 42.2 Å². The largest absolute Gasteiger partial charge is 0.481 e. The molecule has 0 aliphatic heterocycles. The average Bonchev–Trinajstić information content (AvgIpc) is 3.28. The number of imidazole rings is 1. The summed E-state index contributed by atoms with van der Waals surface area (Å²) in [5, 5.41) is 15.5. The first kappa shape index (κ1) is 26.5. The molecule has 3 aromatic carbocycles. The van der Waals surface area contributed by atoms with E-state index in [9.17, 15) is 14.7 Å². The van der Waals surface area contributed by atoms with Crippen molar-refractivity contribution in [2.75, 3.05) is 10.6 Å². The number of aromatic nitrogens is 2. The maximum absolute atomic E-state index is 12.4. The van der Waals surface area contributed by atoms with Crippen molar-refractivity contribution in [1.82, 2.24) is 9.55 Å². The quantitative estimate of drug-likeness (QED) is 0.221. The molecular formula is C30H32N4O4. The van der Waals surface area contributed by atoms with E-state index in [4.69, 9.17) is 4.74 Å². The van der Waals surface area contributed by atoms with E-state index in [0.29, 0.717) is 24.6 Å². The fourth-order valence-corrected chi connectivity index (χ4v) is 4.28. The summed E-state index contributed by atoms with van der Waals surface area (Å²) < 4.78 is 7.33. The van der Waals surface area contributed by atoms with E-state index >= 15 is 0 Å². The lowest BCUT2D eigenvalue weighted by Crippen LogP contribution is -2.16. The highest BCUT2D eigenvalue weighted by molar-refractivity contribution is 5.84. The predicted molar refractivity (Wildman–Crippen MR) is 148 cm³/mol. The molecule has 4 rings (SSSR count). The zero-order valence-electron chi connectivity index (χ0n) is 21.7. The molecule has 196 valence electrons. The zero-order chi connectivity index (χ0) is 27.1. The van der Waals surface area contributed by atoms with Gasteiger partial charge in [0.15, 0.2) is 5.82 Å². The molecule has 1 heterocycles. The molecule has 8 heteroatoms. The molecule has 0 saturated carbocycles. The van der Waals surface area contributed by atoms with E-state index in [1.54, 1.807) is 6.20 Å². The van der Waals surface area contributed by atoms with E-state index in [2.05, 4.69) is 15.6 Å². The molecule has 0 radical (unpaired) electrons. The molecule has 0 fully saturated rings. The maximum atomic E-state index is 12.4. The van der Waals surface area contributed by atoms with Crippen molar-refractivity contribution in [2.45, 2.75) is 38.8 Å². The van der Waals surface area contributed by atoms with E-state index in [1.807, 2.05) is 104 Å². The number of rotatable bonds is 10. The number of hydrogen-bond donors (Lipinski definition) is 3. The summed E-state index contributed by atoms with van der Waals surface area (Å²) in [5.41, 5.74) is 4.55. The first-order valence-corrected chi connectivity index (χ1v) is 12.6. The van der Waals surface area contributed by atoms with Gasteiger partial charge in [0.25, 0.3) is 0 Å². The van der Waals surface area contributed by atoms with Crippen LogP contribution in [-0.2, 0) is 23.1 Å². The van der Waals surface area contributed by atoms with Gasteiger partial charge >= 0.3 is 12.1 Å². The zero-order valence-corrected chi connectivity index (χ0v) is 21.7. The molecule has 0 saturated heterocycles. The molecule has 0 bridgehead atoms. The van der Waals surface area contributed by atoms with Gasteiger partial charge in [-0.2, -0.15) is 0 Å². The fourth-order valence-electron chi connectivity index (χ4n) is 4.28. The molecule has 1 amide bonds. The number of carbonyl (C=O) groups excluding carboxylic acids is 1. The topological polar surface area (TPSA) is 105 Å². The van der Waals surface area contributed by atoms with Crippen LogP contribution < -0.4 is 10.6 Å². The summed E-state index contributed by atoms with van der Waals surface area (Å²) >= 11 is 0. The Morgan fingerprint density at radius 3 is 2.39 bits per heavy atom. The van der Waals surface area contributed by atoms with Crippen molar-refractivity contribution in [3.05, 3.63) is 102 Å². The first-order chi connectivity index (χ1) is 18.3. The average molecular weight is 513 g/mol. The summed E-state index contributed by atoms with van der Waals surface area (Å²) in [6, 6.07) is 25.1. The van der Waals surface area contributed by atoms with Crippen LogP contribution in [0, 0.1) is 0 Å². The second-order valence-electron chi connectivity index (χ2n) is 9.12. The standard InChI is InChI=1S/C30H32N4O4/c1-4-26(29(35)36)24-11-8-12-25(17-24)31-18-21-13-15-23(16-14-21)28-32-27(19-34(28)3)33-30(37)38-20(2)22-9-6-5-7-10-22/h5-17,19-20,26,31H,4,18H2,1-3H3,(H,33,37)(H,35,36). The highest BCUT2D eigenvalue weighted by Gasteiger charge is 2.18. The number of carboxylic acid groups (broad SMARTS) is 1. The number of nitrogens with zero attached hydrogens (tertiary/aromatic N) is 2. The van der Waals surface area contributed by atoms with Crippen molar-refractivity contribution in [1.29, 1.82) is 0 Å². The monoisotopic (exact) mass is 512 g/mol. The highest BCUT2D eigenvalue weighted by atomic mass is 16.6. The molecule has 0 spiro atoms. The number of nitrogens with one attached hydrogen (secondary N) is 2. The molecule has 8 nitrogen and oxygen atoms in total. The van der Waals surface area contributed by atoms with Gasteiger partial charge in [-0.15, -0.1) is 0 Å². The molecule has 4 aromatic rings. The summed E-state index contributed by atoms with van der Waals surface area (Å²) in [7, 11) is 1.87.